The average molecular weight is 316 g/mol. The molecule has 0 spiro atoms. The molecule has 1 heterocycles. The second-order valence-corrected chi connectivity index (χ2v) is 4.65. The van der Waals surface area contributed by atoms with Gasteiger partial charge in [0, 0.05) is 0 Å². The fourth-order valence-electron chi connectivity index (χ4n) is 1.52. The summed E-state index contributed by atoms with van der Waals surface area (Å²) in [6, 6.07) is 3.34. The van der Waals surface area contributed by atoms with Crippen LogP contribution in [0.1, 0.15) is 10.4 Å². The molecule has 4 N–H and O–H groups in total. The number of nitrogens with zero attached hydrogens (tertiary/aromatic N) is 1. The zero-order valence-corrected chi connectivity index (χ0v) is 11.3. The molecule has 2 aromatic rings. The second-order valence-electron chi connectivity index (χ2n) is 3.84. The Kier molecular flexibility index (Phi) is 3.96. The van der Waals surface area contributed by atoms with Gasteiger partial charge in [-0.25, -0.2) is 14.2 Å². The van der Waals surface area contributed by atoms with E-state index in [2.05, 4.69) is 10.3 Å². The summed E-state index contributed by atoms with van der Waals surface area (Å²) in [5.41, 5.74) is 5.69. The third kappa shape index (κ3) is 2.92. The molecule has 0 aliphatic rings. The van der Waals surface area contributed by atoms with Crippen LogP contribution in [0.4, 0.5) is 21.6 Å². The van der Waals surface area contributed by atoms with E-state index in [9.17, 15) is 9.18 Å². The van der Waals surface area contributed by atoms with Gasteiger partial charge in [-0.05, 0) is 18.2 Å². The Labute approximate surface area is 123 Å². The lowest BCUT2D eigenvalue weighted by molar-refractivity contribution is 0.0697. The molecule has 1 aromatic carbocycles. The van der Waals surface area contributed by atoms with Gasteiger partial charge < -0.3 is 16.2 Å². The molecule has 8 heteroatoms. The molecule has 104 valence electrons. The van der Waals surface area contributed by atoms with Crippen molar-refractivity contribution in [2.45, 2.75) is 0 Å². The van der Waals surface area contributed by atoms with Crippen LogP contribution in [0.2, 0.25) is 10.0 Å². The molecule has 0 saturated carbocycles. The lowest BCUT2D eigenvalue weighted by Crippen LogP contribution is -2.06. The van der Waals surface area contributed by atoms with Gasteiger partial charge in [0.15, 0.2) is 0 Å². The maximum absolute atomic E-state index is 13.1. The van der Waals surface area contributed by atoms with Crippen molar-refractivity contribution in [3.63, 3.8) is 0 Å². The van der Waals surface area contributed by atoms with E-state index < -0.39 is 11.8 Å². The van der Waals surface area contributed by atoms with Crippen molar-refractivity contribution in [1.29, 1.82) is 0 Å². The van der Waals surface area contributed by atoms with Crippen LogP contribution in [-0.4, -0.2) is 16.1 Å². The molecular weight excluding hydrogens is 308 g/mol. The number of aromatic carboxylic acids is 1. The minimum Gasteiger partial charge on any atom is -0.478 e. The summed E-state index contributed by atoms with van der Waals surface area (Å²) in [6.45, 7) is 0. The van der Waals surface area contributed by atoms with E-state index in [0.717, 1.165) is 12.1 Å². The maximum Gasteiger partial charge on any atom is 0.339 e. The van der Waals surface area contributed by atoms with Crippen molar-refractivity contribution in [3.8, 4) is 0 Å². The molecule has 0 unspecified atom stereocenters. The van der Waals surface area contributed by atoms with Gasteiger partial charge in [0.1, 0.15) is 17.2 Å². The first-order valence-corrected chi connectivity index (χ1v) is 6.04. The predicted molar refractivity (Wildman–Crippen MR) is 75.3 cm³/mol. The van der Waals surface area contributed by atoms with E-state index in [4.69, 9.17) is 34.0 Å². The number of nitrogens with two attached hydrogens (primary N) is 1. The smallest absolute Gasteiger partial charge is 0.339 e. The Morgan fingerprint density at radius 2 is 1.90 bits per heavy atom. The van der Waals surface area contributed by atoms with Crippen LogP contribution in [0.3, 0.4) is 0 Å². The summed E-state index contributed by atoms with van der Waals surface area (Å²) in [7, 11) is 0. The third-order valence-electron chi connectivity index (χ3n) is 2.39. The Hall–Kier alpha value is -2.05. The van der Waals surface area contributed by atoms with Crippen molar-refractivity contribution in [2.75, 3.05) is 11.1 Å². The zero-order valence-electron chi connectivity index (χ0n) is 9.82. The Morgan fingerprint density at radius 3 is 2.45 bits per heavy atom. The lowest BCUT2D eigenvalue weighted by Gasteiger charge is -2.12. The summed E-state index contributed by atoms with van der Waals surface area (Å²) >= 11 is 11.7. The lowest BCUT2D eigenvalue weighted by atomic mass is 10.2. The molecule has 5 nitrogen and oxygen atoms in total. The summed E-state index contributed by atoms with van der Waals surface area (Å²) in [5.74, 6) is -1.82. The Morgan fingerprint density at radius 1 is 1.30 bits per heavy atom. The van der Waals surface area contributed by atoms with Crippen LogP contribution in [-0.2, 0) is 0 Å². The number of halogens is 3. The van der Waals surface area contributed by atoms with Gasteiger partial charge in [-0.1, -0.05) is 23.2 Å². The molecule has 1 aromatic heterocycles. The quantitative estimate of drug-likeness (QED) is 0.806. The summed E-state index contributed by atoms with van der Waals surface area (Å²) in [4.78, 5) is 15.0. The number of nitrogen functional groups attached to an aromatic ring is 1. The van der Waals surface area contributed by atoms with E-state index in [1.165, 1.54) is 12.3 Å². The Bertz CT molecular complexity index is 671. The minimum absolute atomic E-state index is 0.00195. The molecular formula is C12H8Cl2FN3O2. The topological polar surface area (TPSA) is 88.2 Å². The fourth-order valence-corrected chi connectivity index (χ4v) is 2.08. The van der Waals surface area contributed by atoms with Gasteiger partial charge in [0.2, 0.25) is 0 Å². The highest BCUT2D eigenvalue weighted by molar-refractivity contribution is 6.39. The van der Waals surface area contributed by atoms with Crippen LogP contribution in [0.5, 0.6) is 0 Å². The number of rotatable bonds is 3. The zero-order chi connectivity index (χ0) is 14.9. The molecule has 0 saturated heterocycles. The minimum atomic E-state index is -1.22. The monoisotopic (exact) mass is 315 g/mol. The van der Waals surface area contributed by atoms with E-state index in [0.29, 0.717) is 0 Å². The van der Waals surface area contributed by atoms with Crippen molar-refractivity contribution in [2.24, 2.45) is 0 Å². The van der Waals surface area contributed by atoms with Gasteiger partial charge in [-0.2, -0.15) is 0 Å². The van der Waals surface area contributed by atoms with Crippen molar-refractivity contribution in [1.82, 2.24) is 4.98 Å². The van der Waals surface area contributed by atoms with E-state index in [1.54, 1.807) is 0 Å². The van der Waals surface area contributed by atoms with Crippen LogP contribution in [0, 0.1) is 5.82 Å². The first-order chi connectivity index (χ1) is 9.38. The summed E-state index contributed by atoms with van der Waals surface area (Å²) in [5, 5.41) is 11.8. The standard InChI is InChI=1S/C12H8Cl2FN3O2/c13-8-1-5(15)2-9(14)10(8)18-11-7(12(19)20)3-6(16)4-17-11/h1-4H,16H2,(H,17,18)(H,19,20). The molecule has 0 atom stereocenters. The molecule has 0 aliphatic carbocycles. The van der Waals surface area contributed by atoms with Gasteiger partial charge in [-0.3, -0.25) is 0 Å². The number of pyridine rings is 1. The highest BCUT2D eigenvalue weighted by Crippen LogP contribution is 2.34. The van der Waals surface area contributed by atoms with Crippen molar-refractivity contribution in [3.05, 3.63) is 45.8 Å². The second kappa shape index (κ2) is 5.52. The van der Waals surface area contributed by atoms with Crippen molar-refractivity contribution >= 4 is 46.4 Å². The normalized spacial score (nSPS) is 10.3. The Balaban J connectivity index is 2.48. The molecule has 20 heavy (non-hydrogen) atoms. The molecule has 0 radical (unpaired) electrons. The summed E-state index contributed by atoms with van der Waals surface area (Å²) < 4.78 is 13.1. The molecule has 2 rings (SSSR count). The van der Waals surface area contributed by atoms with Crippen LogP contribution in [0.25, 0.3) is 0 Å². The van der Waals surface area contributed by atoms with E-state index in [1.807, 2.05) is 0 Å². The number of carboxylic acids is 1. The number of carbonyl (C=O) groups is 1. The van der Waals surface area contributed by atoms with Gasteiger partial charge >= 0.3 is 5.97 Å². The number of carboxylic acid groups (broad SMARTS) is 1. The van der Waals surface area contributed by atoms with Crippen LogP contribution < -0.4 is 11.1 Å². The third-order valence-corrected chi connectivity index (χ3v) is 2.99. The number of hydrogen-bond acceptors (Lipinski definition) is 4. The molecule has 0 amide bonds. The van der Waals surface area contributed by atoms with E-state index in [-0.39, 0.29) is 32.8 Å². The van der Waals surface area contributed by atoms with Gasteiger partial charge in [0.25, 0.3) is 0 Å². The number of aromatic nitrogens is 1. The highest BCUT2D eigenvalue weighted by atomic mass is 35.5. The largest absolute Gasteiger partial charge is 0.478 e. The average Bonchev–Trinajstić information content (AvgIpc) is 2.34. The van der Waals surface area contributed by atoms with Crippen molar-refractivity contribution < 1.29 is 14.3 Å². The first kappa shape index (κ1) is 14.4. The molecule has 0 bridgehead atoms. The van der Waals surface area contributed by atoms with Gasteiger partial charge in [-0.15, -0.1) is 0 Å². The van der Waals surface area contributed by atoms with Crippen LogP contribution >= 0.6 is 23.2 Å². The SMILES string of the molecule is Nc1cnc(Nc2c(Cl)cc(F)cc2Cl)c(C(=O)O)c1. The fraction of sp³-hybridized carbons (Fsp3) is 0. The number of hydrogen-bond donors (Lipinski definition) is 3. The molecule has 0 fully saturated rings. The number of benzene rings is 1. The highest BCUT2D eigenvalue weighted by Gasteiger charge is 2.15. The first-order valence-electron chi connectivity index (χ1n) is 5.29. The van der Waals surface area contributed by atoms with E-state index >= 15 is 0 Å². The molecule has 0 aliphatic heterocycles. The summed E-state index contributed by atoms with van der Waals surface area (Å²) in [6.07, 6.45) is 1.28. The predicted octanol–water partition coefficient (Wildman–Crippen LogP) is 3.55. The number of anilines is 3. The van der Waals surface area contributed by atoms with Gasteiger partial charge in [0.05, 0.1) is 27.6 Å². The number of nitrogens with one attached hydrogen (secondary N) is 1. The maximum atomic E-state index is 13.1. The van der Waals surface area contributed by atoms with Crippen LogP contribution in [0.15, 0.2) is 24.4 Å².